The third-order valence-corrected chi connectivity index (χ3v) is 5.03. The molecule has 2 atom stereocenters. The fraction of sp³-hybridized carbons (Fsp3) is 0.238. The second-order valence-corrected chi connectivity index (χ2v) is 6.83. The van der Waals surface area contributed by atoms with Gasteiger partial charge in [-0.25, -0.2) is 4.98 Å². The van der Waals surface area contributed by atoms with Gasteiger partial charge in [0, 0.05) is 11.3 Å². The minimum Gasteiger partial charge on any atom is -0.307 e. The van der Waals surface area contributed by atoms with Gasteiger partial charge in [0.25, 0.3) is 5.91 Å². The Labute approximate surface area is 156 Å². The molecule has 2 aliphatic rings. The maximum Gasteiger partial charge on any atom is 0.256 e. The van der Waals surface area contributed by atoms with E-state index in [4.69, 9.17) is 0 Å². The van der Waals surface area contributed by atoms with Crippen molar-refractivity contribution in [3.05, 3.63) is 65.9 Å². The van der Waals surface area contributed by atoms with Crippen LogP contribution in [0.5, 0.6) is 0 Å². The Morgan fingerprint density at radius 2 is 1.63 bits per heavy atom. The number of fused-ring (bicyclic) bond motifs is 1. The van der Waals surface area contributed by atoms with Crippen LogP contribution in [0.15, 0.2) is 54.6 Å². The van der Waals surface area contributed by atoms with E-state index in [9.17, 15) is 14.4 Å². The van der Waals surface area contributed by atoms with Crippen molar-refractivity contribution >= 4 is 29.2 Å². The zero-order chi connectivity index (χ0) is 19.0. The number of nitrogens with one attached hydrogen (secondary N) is 1. The molecule has 1 N–H and O–H groups in total. The van der Waals surface area contributed by atoms with Crippen LogP contribution in [-0.2, 0) is 9.59 Å². The maximum atomic E-state index is 12.6. The summed E-state index contributed by atoms with van der Waals surface area (Å²) in [6.45, 7) is 1.85. The van der Waals surface area contributed by atoms with Crippen LogP contribution >= 0.6 is 0 Å². The minimum absolute atomic E-state index is 0.157. The van der Waals surface area contributed by atoms with Gasteiger partial charge in [-0.3, -0.25) is 19.3 Å². The highest BCUT2D eigenvalue weighted by atomic mass is 16.2. The summed E-state index contributed by atoms with van der Waals surface area (Å²) in [5.74, 6) is -0.663. The molecule has 0 radical (unpaired) electrons. The van der Waals surface area contributed by atoms with Gasteiger partial charge in [0.15, 0.2) is 0 Å². The minimum atomic E-state index is -0.295. The third kappa shape index (κ3) is 3.14. The molecule has 1 aliphatic heterocycles. The Bertz CT molecular complexity index is 923. The average molecular weight is 361 g/mol. The van der Waals surface area contributed by atoms with Crippen molar-refractivity contribution in [2.75, 3.05) is 10.2 Å². The standard InChI is InChI=1S/C21H19N3O3/c1-13-5-4-8-18(22-13)23-19(25)14-9-11-15(12-10-14)24-20(26)16-6-2-3-7-17(16)21(24)27/h2-5,8-12,16-17H,6-7H2,1H3,(H,22,23,25). The molecule has 1 saturated heterocycles. The lowest BCUT2D eigenvalue weighted by atomic mass is 9.85. The van der Waals surface area contributed by atoms with Crippen LogP contribution in [-0.4, -0.2) is 22.7 Å². The van der Waals surface area contributed by atoms with Crippen LogP contribution in [0.25, 0.3) is 0 Å². The summed E-state index contributed by atoms with van der Waals surface area (Å²) in [5.41, 5.74) is 1.75. The molecule has 2 unspecified atom stereocenters. The lowest BCUT2D eigenvalue weighted by Gasteiger charge is -2.15. The highest BCUT2D eigenvalue weighted by molar-refractivity contribution is 6.22. The quantitative estimate of drug-likeness (QED) is 0.673. The van der Waals surface area contributed by atoms with E-state index in [0.29, 0.717) is 29.9 Å². The lowest BCUT2D eigenvalue weighted by Crippen LogP contribution is -2.30. The summed E-state index contributed by atoms with van der Waals surface area (Å²) < 4.78 is 0. The number of allylic oxidation sites excluding steroid dienone is 2. The van der Waals surface area contributed by atoms with Gasteiger partial charge in [-0.1, -0.05) is 18.2 Å². The van der Waals surface area contributed by atoms with Gasteiger partial charge in [-0.05, 0) is 56.2 Å². The van der Waals surface area contributed by atoms with E-state index in [1.807, 2.05) is 31.2 Å². The zero-order valence-corrected chi connectivity index (χ0v) is 14.9. The molecule has 0 saturated carbocycles. The highest BCUT2D eigenvalue weighted by Crippen LogP contribution is 2.37. The number of hydrogen-bond acceptors (Lipinski definition) is 4. The number of nitrogens with zero attached hydrogens (tertiary/aromatic N) is 2. The van der Waals surface area contributed by atoms with Crippen LogP contribution in [0.1, 0.15) is 28.9 Å². The first-order valence-electron chi connectivity index (χ1n) is 8.92. The molecule has 1 fully saturated rings. The van der Waals surface area contributed by atoms with Gasteiger partial charge in [-0.15, -0.1) is 0 Å². The first-order chi connectivity index (χ1) is 13.0. The summed E-state index contributed by atoms with van der Waals surface area (Å²) in [5, 5.41) is 2.74. The van der Waals surface area contributed by atoms with E-state index in [2.05, 4.69) is 10.3 Å². The van der Waals surface area contributed by atoms with Gasteiger partial charge < -0.3 is 5.32 Å². The zero-order valence-electron chi connectivity index (χ0n) is 14.9. The monoisotopic (exact) mass is 361 g/mol. The maximum absolute atomic E-state index is 12.6. The van der Waals surface area contributed by atoms with Crippen molar-refractivity contribution in [3.63, 3.8) is 0 Å². The molecule has 2 heterocycles. The number of imide groups is 1. The first kappa shape index (κ1) is 17.1. The van der Waals surface area contributed by atoms with E-state index in [-0.39, 0.29) is 29.6 Å². The third-order valence-electron chi connectivity index (χ3n) is 5.03. The molecule has 0 spiro atoms. The van der Waals surface area contributed by atoms with Crippen molar-refractivity contribution in [2.45, 2.75) is 19.8 Å². The molecule has 136 valence electrons. The summed E-state index contributed by atoms with van der Waals surface area (Å²) in [6, 6.07) is 11.9. The molecule has 1 aromatic carbocycles. The second-order valence-electron chi connectivity index (χ2n) is 6.83. The van der Waals surface area contributed by atoms with Crippen LogP contribution in [0.3, 0.4) is 0 Å². The van der Waals surface area contributed by atoms with Gasteiger partial charge in [0.05, 0.1) is 17.5 Å². The Balaban J connectivity index is 1.51. The molecule has 6 heteroatoms. The average Bonchev–Trinajstić information content (AvgIpc) is 2.93. The predicted molar refractivity (Wildman–Crippen MR) is 101 cm³/mol. The Morgan fingerprint density at radius 1 is 1.00 bits per heavy atom. The summed E-state index contributed by atoms with van der Waals surface area (Å²) in [6.07, 6.45) is 5.14. The van der Waals surface area contributed by atoms with Crippen LogP contribution in [0, 0.1) is 18.8 Å². The molecule has 2 aromatic rings. The molecule has 6 nitrogen and oxygen atoms in total. The molecule has 3 amide bonds. The first-order valence-corrected chi connectivity index (χ1v) is 8.92. The molecule has 1 aromatic heterocycles. The molecule has 1 aliphatic carbocycles. The Kier molecular flexibility index (Phi) is 4.32. The molecular weight excluding hydrogens is 342 g/mol. The number of pyridine rings is 1. The van der Waals surface area contributed by atoms with Crippen molar-refractivity contribution in [2.24, 2.45) is 11.8 Å². The van der Waals surface area contributed by atoms with E-state index in [1.54, 1.807) is 30.3 Å². The number of hydrogen-bond donors (Lipinski definition) is 1. The largest absolute Gasteiger partial charge is 0.307 e. The fourth-order valence-electron chi connectivity index (χ4n) is 3.62. The predicted octanol–water partition coefficient (Wildman–Crippen LogP) is 3.10. The normalized spacial score (nSPS) is 21.3. The number of rotatable bonds is 3. The van der Waals surface area contributed by atoms with E-state index < -0.39 is 0 Å². The number of carbonyl (C=O) groups is 3. The second kappa shape index (κ2) is 6.79. The number of benzene rings is 1. The smallest absolute Gasteiger partial charge is 0.256 e. The summed E-state index contributed by atoms with van der Waals surface area (Å²) in [4.78, 5) is 43.1. The SMILES string of the molecule is Cc1cccc(NC(=O)c2ccc(N3C(=O)C4CC=CCC4C3=O)cc2)n1. The van der Waals surface area contributed by atoms with Gasteiger partial charge >= 0.3 is 0 Å². The molecular formula is C21H19N3O3. The molecule has 0 bridgehead atoms. The number of anilines is 2. The Morgan fingerprint density at radius 3 is 2.22 bits per heavy atom. The van der Waals surface area contributed by atoms with Gasteiger partial charge in [0.2, 0.25) is 11.8 Å². The fourth-order valence-corrected chi connectivity index (χ4v) is 3.62. The molecule has 4 rings (SSSR count). The number of aryl methyl sites for hydroxylation is 1. The number of aromatic nitrogens is 1. The highest BCUT2D eigenvalue weighted by Gasteiger charge is 2.47. The topological polar surface area (TPSA) is 79.4 Å². The van der Waals surface area contributed by atoms with Gasteiger partial charge in [-0.2, -0.15) is 0 Å². The molecule has 27 heavy (non-hydrogen) atoms. The lowest BCUT2D eigenvalue weighted by molar-refractivity contribution is -0.122. The van der Waals surface area contributed by atoms with Crippen LogP contribution in [0.2, 0.25) is 0 Å². The summed E-state index contributed by atoms with van der Waals surface area (Å²) >= 11 is 0. The number of carbonyl (C=O) groups excluding carboxylic acids is 3. The van der Waals surface area contributed by atoms with Crippen molar-refractivity contribution < 1.29 is 14.4 Å². The van der Waals surface area contributed by atoms with Crippen molar-refractivity contribution in [3.8, 4) is 0 Å². The summed E-state index contributed by atoms with van der Waals surface area (Å²) in [7, 11) is 0. The Hall–Kier alpha value is -3.28. The van der Waals surface area contributed by atoms with E-state index in [0.717, 1.165) is 5.69 Å². The van der Waals surface area contributed by atoms with Gasteiger partial charge in [0.1, 0.15) is 5.82 Å². The van der Waals surface area contributed by atoms with E-state index in [1.165, 1.54) is 4.90 Å². The van der Waals surface area contributed by atoms with Crippen LogP contribution < -0.4 is 10.2 Å². The van der Waals surface area contributed by atoms with Crippen LogP contribution in [0.4, 0.5) is 11.5 Å². The number of amides is 3. The van der Waals surface area contributed by atoms with Crippen molar-refractivity contribution in [1.82, 2.24) is 4.98 Å². The van der Waals surface area contributed by atoms with E-state index >= 15 is 0 Å². The van der Waals surface area contributed by atoms with Crippen molar-refractivity contribution in [1.29, 1.82) is 0 Å².